The van der Waals surface area contributed by atoms with E-state index in [9.17, 15) is 5.11 Å². The zero-order valence-corrected chi connectivity index (χ0v) is 10.1. The molecule has 0 saturated carbocycles. The molecule has 0 aliphatic carbocycles. The van der Waals surface area contributed by atoms with Crippen molar-refractivity contribution < 1.29 is 9.84 Å². The first-order valence-electron chi connectivity index (χ1n) is 4.32. The van der Waals surface area contributed by atoms with Gasteiger partial charge in [0.1, 0.15) is 6.10 Å². The van der Waals surface area contributed by atoms with Crippen LogP contribution in [0.15, 0.2) is 22.8 Å². The molecule has 3 nitrogen and oxygen atoms in total. The number of ether oxygens (including phenoxy) is 1. The molecule has 1 atom stereocenters. The van der Waals surface area contributed by atoms with E-state index in [-0.39, 0.29) is 0 Å². The molecule has 78 valence electrons. The summed E-state index contributed by atoms with van der Waals surface area (Å²) in [6, 6.07) is 3.67. The smallest absolute Gasteiger partial charge is 0.127 e. The molecule has 4 heteroatoms. The Labute approximate surface area is 92.3 Å². The molecular formula is C10H14BrNO2. The molecule has 0 aromatic carbocycles. The van der Waals surface area contributed by atoms with E-state index in [1.807, 2.05) is 12.1 Å². The minimum atomic E-state index is -0.942. The van der Waals surface area contributed by atoms with Crippen LogP contribution in [0.25, 0.3) is 0 Å². The Balaban J connectivity index is 3.01. The van der Waals surface area contributed by atoms with Crippen LogP contribution >= 0.6 is 15.9 Å². The van der Waals surface area contributed by atoms with E-state index in [1.165, 1.54) is 0 Å². The number of aliphatic hydroxyl groups is 1. The molecule has 0 aliphatic heterocycles. The third kappa shape index (κ3) is 2.77. The van der Waals surface area contributed by atoms with E-state index in [4.69, 9.17) is 4.74 Å². The zero-order chi connectivity index (χ0) is 10.8. The van der Waals surface area contributed by atoms with Crippen LogP contribution < -0.4 is 0 Å². The van der Waals surface area contributed by atoms with Gasteiger partial charge in [0.2, 0.25) is 0 Å². The van der Waals surface area contributed by atoms with Crippen molar-refractivity contribution in [3.63, 3.8) is 0 Å². The van der Waals surface area contributed by atoms with E-state index in [0.29, 0.717) is 0 Å². The van der Waals surface area contributed by atoms with Gasteiger partial charge in [-0.25, -0.2) is 0 Å². The summed E-state index contributed by atoms with van der Waals surface area (Å²) in [5, 5.41) is 9.84. The molecule has 0 unspecified atom stereocenters. The van der Waals surface area contributed by atoms with E-state index >= 15 is 0 Å². The van der Waals surface area contributed by atoms with Gasteiger partial charge in [0.05, 0.1) is 11.3 Å². The topological polar surface area (TPSA) is 42.4 Å². The Bertz CT molecular complexity index is 309. The maximum Gasteiger partial charge on any atom is 0.127 e. The fourth-order valence-corrected chi connectivity index (χ4v) is 1.69. The molecule has 1 heterocycles. The van der Waals surface area contributed by atoms with Gasteiger partial charge in [-0.2, -0.15) is 0 Å². The zero-order valence-electron chi connectivity index (χ0n) is 8.49. The van der Waals surface area contributed by atoms with Crippen molar-refractivity contribution in [2.75, 3.05) is 7.11 Å². The first-order valence-corrected chi connectivity index (χ1v) is 5.11. The molecule has 0 aliphatic rings. The second-order valence-electron chi connectivity index (χ2n) is 3.67. The van der Waals surface area contributed by atoms with Gasteiger partial charge >= 0.3 is 0 Å². The quantitative estimate of drug-likeness (QED) is 0.906. The molecule has 0 bridgehead atoms. The summed E-state index contributed by atoms with van der Waals surface area (Å²) < 4.78 is 6.15. The first kappa shape index (κ1) is 11.6. The van der Waals surface area contributed by atoms with Crippen LogP contribution in [-0.4, -0.2) is 22.8 Å². The highest BCUT2D eigenvalue weighted by atomic mass is 79.9. The van der Waals surface area contributed by atoms with Crippen LogP contribution in [0.5, 0.6) is 0 Å². The molecule has 0 radical (unpaired) electrons. The second kappa shape index (κ2) is 4.38. The van der Waals surface area contributed by atoms with Crippen LogP contribution in [0.1, 0.15) is 25.6 Å². The maximum atomic E-state index is 9.84. The SMILES string of the molecule is CO[C@@H](c1cc(Br)ccn1)C(C)(C)O. The van der Waals surface area contributed by atoms with Crippen molar-refractivity contribution in [1.29, 1.82) is 0 Å². The first-order chi connectivity index (χ1) is 6.45. The molecule has 1 aromatic heterocycles. The molecule has 0 saturated heterocycles. The predicted octanol–water partition coefficient (Wildman–Crippen LogP) is 2.30. The number of rotatable bonds is 3. The van der Waals surface area contributed by atoms with Gasteiger partial charge in [-0.15, -0.1) is 0 Å². The predicted molar refractivity (Wildman–Crippen MR) is 58.0 cm³/mol. The van der Waals surface area contributed by atoms with Crippen molar-refractivity contribution in [2.24, 2.45) is 0 Å². The van der Waals surface area contributed by atoms with E-state index in [0.717, 1.165) is 10.2 Å². The number of hydrogen-bond donors (Lipinski definition) is 1. The summed E-state index contributed by atoms with van der Waals surface area (Å²) in [6.07, 6.45) is 1.26. The second-order valence-corrected chi connectivity index (χ2v) is 4.58. The van der Waals surface area contributed by atoms with Gasteiger partial charge in [-0.05, 0) is 26.0 Å². The summed E-state index contributed by atoms with van der Waals surface area (Å²) in [6.45, 7) is 3.40. The van der Waals surface area contributed by atoms with Gasteiger partial charge < -0.3 is 9.84 Å². The normalized spacial score (nSPS) is 14.1. The molecule has 1 N–H and O–H groups in total. The molecule has 0 amide bonds. The van der Waals surface area contributed by atoms with Crippen molar-refractivity contribution in [3.05, 3.63) is 28.5 Å². The highest BCUT2D eigenvalue weighted by molar-refractivity contribution is 9.10. The van der Waals surface area contributed by atoms with E-state index < -0.39 is 11.7 Å². The Kier molecular flexibility index (Phi) is 3.64. The van der Waals surface area contributed by atoms with Crippen molar-refractivity contribution >= 4 is 15.9 Å². The van der Waals surface area contributed by atoms with Crippen LogP contribution in [-0.2, 0) is 4.74 Å². The third-order valence-electron chi connectivity index (χ3n) is 1.89. The van der Waals surface area contributed by atoms with Gasteiger partial charge in [0.25, 0.3) is 0 Å². The number of aromatic nitrogens is 1. The average molecular weight is 260 g/mol. The lowest BCUT2D eigenvalue weighted by Gasteiger charge is -2.27. The van der Waals surface area contributed by atoms with Crippen molar-refractivity contribution in [2.45, 2.75) is 25.6 Å². The fraction of sp³-hybridized carbons (Fsp3) is 0.500. The summed E-state index contributed by atoms with van der Waals surface area (Å²) >= 11 is 3.35. The number of methoxy groups -OCH3 is 1. The Morgan fingerprint density at radius 2 is 2.21 bits per heavy atom. The lowest BCUT2D eigenvalue weighted by atomic mass is 9.98. The Morgan fingerprint density at radius 3 is 2.64 bits per heavy atom. The molecule has 0 spiro atoms. The number of hydrogen-bond acceptors (Lipinski definition) is 3. The van der Waals surface area contributed by atoms with Crippen LogP contribution in [0, 0.1) is 0 Å². The Morgan fingerprint density at radius 1 is 1.57 bits per heavy atom. The lowest BCUT2D eigenvalue weighted by molar-refractivity contribution is -0.0741. The third-order valence-corrected chi connectivity index (χ3v) is 2.38. The molecule has 1 rings (SSSR count). The van der Waals surface area contributed by atoms with Crippen LogP contribution in [0.4, 0.5) is 0 Å². The summed E-state index contributed by atoms with van der Waals surface area (Å²) in [7, 11) is 1.56. The monoisotopic (exact) mass is 259 g/mol. The highest BCUT2D eigenvalue weighted by Gasteiger charge is 2.29. The summed E-state index contributed by atoms with van der Waals surface area (Å²) in [5.41, 5.74) is -0.225. The van der Waals surface area contributed by atoms with Gasteiger partial charge in [0, 0.05) is 17.8 Å². The minimum absolute atomic E-state index is 0.417. The standard InChI is InChI=1S/C10H14BrNO2/c1-10(2,13)9(14-3)8-6-7(11)4-5-12-8/h4-6,9,13H,1-3H3/t9-/m0/s1. The van der Waals surface area contributed by atoms with E-state index in [1.54, 1.807) is 27.2 Å². The van der Waals surface area contributed by atoms with Crippen molar-refractivity contribution in [1.82, 2.24) is 4.98 Å². The van der Waals surface area contributed by atoms with E-state index in [2.05, 4.69) is 20.9 Å². The molecule has 14 heavy (non-hydrogen) atoms. The molecule has 1 aromatic rings. The molecule has 0 fully saturated rings. The van der Waals surface area contributed by atoms with Gasteiger partial charge in [-0.3, -0.25) is 4.98 Å². The van der Waals surface area contributed by atoms with Crippen molar-refractivity contribution in [3.8, 4) is 0 Å². The Hall–Kier alpha value is -0.450. The average Bonchev–Trinajstić information content (AvgIpc) is 2.02. The minimum Gasteiger partial charge on any atom is -0.387 e. The summed E-state index contributed by atoms with van der Waals surface area (Å²) in [5.74, 6) is 0. The van der Waals surface area contributed by atoms with Gasteiger partial charge in [-0.1, -0.05) is 15.9 Å². The van der Waals surface area contributed by atoms with Crippen LogP contribution in [0.3, 0.4) is 0 Å². The highest BCUT2D eigenvalue weighted by Crippen LogP contribution is 2.28. The summed E-state index contributed by atoms with van der Waals surface area (Å²) in [4.78, 5) is 4.16. The fourth-order valence-electron chi connectivity index (χ4n) is 1.34. The van der Waals surface area contributed by atoms with Gasteiger partial charge in [0.15, 0.2) is 0 Å². The largest absolute Gasteiger partial charge is 0.387 e. The number of nitrogens with zero attached hydrogens (tertiary/aromatic N) is 1. The lowest BCUT2D eigenvalue weighted by Crippen LogP contribution is -2.30. The van der Waals surface area contributed by atoms with Crippen LogP contribution in [0.2, 0.25) is 0 Å². The maximum absolute atomic E-state index is 9.84. The molecular weight excluding hydrogens is 246 g/mol. The number of pyridine rings is 1. The number of halogens is 1.